The number of ether oxygens (including phenoxy) is 1. The first-order valence-corrected chi connectivity index (χ1v) is 12.6. The quantitative estimate of drug-likeness (QED) is 0.200. The lowest BCUT2D eigenvalue weighted by Crippen LogP contribution is -2.29. The van der Waals surface area contributed by atoms with Crippen LogP contribution in [0.4, 0.5) is 5.13 Å². The number of anilines is 1. The highest BCUT2D eigenvalue weighted by Gasteiger charge is 2.48. The first-order valence-electron chi connectivity index (χ1n) is 11.8. The number of ketones is 1. The van der Waals surface area contributed by atoms with Crippen molar-refractivity contribution in [3.05, 3.63) is 94.1 Å². The SMILES string of the molecule is CCOc1ccc([C@H]2/C(=C(\O)c3ccc(C)cc3)C(=O)C(=O)N2c2nc3c(C)cc(C)cc3s2)cc1. The van der Waals surface area contributed by atoms with Gasteiger partial charge in [0.25, 0.3) is 5.78 Å². The predicted octanol–water partition coefficient (Wildman–Crippen LogP) is 6.25. The van der Waals surface area contributed by atoms with E-state index in [1.807, 2.05) is 64.1 Å². The number of benzene rings is 3. The molecule has 3 aromatic carbocycles. The maximum Gasteiger partial charge on any atom is 0.301 e. The van der Waals surface area contributed by atoms with Crippen LogP contribution in [0.25, 0.3) is 16.0 Å². The van der Waals surface area contributed by atoms with Gasteiger partial charge in [0.15, 0.2) is 5.13 Å². The fourth-order valence-corrected chi connectivity index (χ4v) is 5.76. The van der Waals surface area contributed by atoms with Gasteiger partial charge in [-0.15, -0.1) is 0 Å². The van der Waals surface area contributed by atoms with Crippen LogP contribution in [0.5, 0.6) is 5.75 Å². The zero-order valence-corrected chi connectivity index (χ0v) is 21.3. The van der Waals surface area contributed by atoms with Crippen LogP contribution in [0.15, 0.2) is 66.2 Å². The Labute approximate surface area is 213 Å². The fourth-order valence-electron chi connectivity index (χ4n) is 4.59. The first kappa shape index (κ1) is 23.8. The van der Waals surface area contributed by atoms with Crippen molar-refractivity contribution >= 4 is 44.1 Å². The number of nitrogens with zero attached hydrogens (tertiary/aromatic N) is 2. The second kappa shape index (κ2) is 9.24. The third-order valence-corrected chi connectivity index (χ3v) is 7.30. The van der Waals surface area contributed by atoms with E-state index in [4.69, 9.17) is 9.72 Å². The van der Waals surface area contributed by atoms with Crippen molar-refractivity contribution in [1.29, 1.82) is 0 Å². The number of aliphatic hydroxyl groups is 1. The molecule has 0 spiro atoms. The number of aryl methyl sites for hydroxylation is 3. The Morgan fingerprint density at radius 1 is 1.00 bits per heavy atom. The molecule has 2 heterocycles. The summed E-state index contributed by atoms with van der Waals surface area (Å²) in [5.41, 5.74) is 5.12. The van der Waals surface area contributed by atoms with E-state index in [0.29, 0.717) is 28.6 Å². The van der Waals surface area contributed by atoms with Gasteiger partial charge < -0.3 is 9.84 Å². The Hall–Kier alpha value is -3.97. The highest BCUT2D eigenvalue weighted by molar-refractivity contribution is 7.22. The molecule has 1 aliphatic rings. The highest BCUT2D eigenvalue weighted by atomic mass is 32.1. The zero-order chi connectivity index (χ0) is 25.6. The Morgan fingerprint density at radius 2 is 1.69 bits per heavy atom. The molecule has 36 heavy (non-hydrogen) atoms. The van der Waals surface area contributed by atoms with Gasteiger partial charge in [-0.3, -0.25) is 14.5 Å². The lowest BCUT2D eigenvalue weighted by molar-refractivity contribution is -0.132. The maximum atomic E-state index is 13.5. The largest absolute Gasteiger partial charge is 0.507 e. The minimum absolute atomic E-state index is 0.0418. The van der Waals surface area contributed by atoms with Crippen molar-refractivity contribution in [2.75, 3.05) is 11.5 Å². The summed E-state index contributed by atoms with van der Waals surface area (Å²) in [5.74, 6) is -0.971. The summed E-state index contributed by atoms with van der Waals surface area (Å²) >= 11 is 1.36. The van der Waals surface area contributed by atoms with Crippen LogP contribution >= 0.6 is 11.3 Å². The Balaban J connectivity index is 1.71. The Kier molecular flexibility index (Phi) is 6.10. The zero-order valence-electron chi connectivity index (χ0n) is 20.5. The molecule has 1 N–H and O–H groups in total. The second-order valence-electron chi connectivity index (χ2n) is 8.96. The molecule has 0 aliphatic carbocycles. The van der Waals surface area contributed by atoms with Gasteiger partial charge in [0.2, 0.25) is 0 Å². The number of fused-ring (bicyclic) bond motifs is 1. The van der Waals surface area contributed by atoms with Crippen molar-refractivity contribution < 1.29 is 19.4 Å². The van der Waals surface area contributed by atoms with E-state index in [0.717, 1.165) is 26.9 Å². The van der Waals surface area contributed by atoms with E-state index in [-0.39, 0.29) is 11.3 Å². The number of aliphatic hydroxyl groups excluding tert-OH is 1. The van der Waals surface area contributed by atoms with Crippen LogP contribution in [0.2, 0.25) is 0 Å². The Bertz CT molecular complexity index is 1520. The number of aromatic nitrogens is 1. The standard InChI is InChI=1S/C29H26N2O4S/c1-5-35-21-12-10-19(11-13-21)25-23(26(32)20-8-6-16(2)7-9-20)27(33)28(34)31(25)29-30-24-18(4)14-17(3)15-22(24)36-29/h6-15,25,32H,5H2,1-4H3/b26-23+/t25-/m0/s1. The average molecular weight is 499 g/mol. The van der Waals surface area contributed by atoms with Crippen molar-refractivity contribution in [2.45, 2.75) is 33.7 Å². The molecule has 7 heteroatoms. The molecule has 182 valence electrons. The molecule has 1 atom stereocenters. The molecule has 5 rings (SSSR count). The summed E-state index contributed by atoms with van der Waals surface area (Å²) in [6, 6.07) is 17.7. The van der Waals surface area contributed by atoms with Gasteiger partial charge in [-0.25, -0.2) is 4.98 Å². The van der Waals surface area contributed by atoms with Gasteiger partial charge in [-0.05, 0) is 62.6 Å². The molecule has 0 bridgehead atoms. The molecule has 1 fully saturated rings. The van der Waals surface area contributed by atoms with Crippen LogP contribution in [0, 0.1) is 20.8 Å². The first-order chi connectivity index (χ1) is 17.3. The van der Waals surface area contributed by atoms with Crippen molar-refractivity contribution in [2.24, 2.45) is 0 Å². The Morgan fingerprint density at radius 3 is 2.36 bits per heavy atom. The number of carbonyl (C=O) groups is 2. The molecule has 1 aliphatic heterocycles. The molecule has 1 amide bonds. The monoisotopic (exact) mass is 498 g/mol. The van der Waals surface area contributed by atoms with Crippen LogP contribution in [-0.2, 0) is 9.59 Å². The minimum atomic E-state index is -0.830. The summed E-state index contributed by atoms with van der Waals surface area (Å²) in [5, 5.41) is 11.7. The van der Waals surface area contributed by atoms with E-state index in [9.17, 15) is 14.7 Å². The van der Waals surface area contributed by atoms with Gasteiger partial charge in [-0.1, -0.05) is 59.4 Å². The minimum Gasteiger partial charge on any atom is -0.507 e. The normalized spacial score (nSPS) is 17.2. The predicted molar refractivity (Wildman–Crippen MR) is 143 cm³/mol. The van der Waals surface area contributed by atoms with Crippen molar-refractivity contribution in [3.63, 3.8) is 0 Å². The molecule has 0 unspecified atom stereocenters. The molecule has 6 nitrogen and oxygen atoms in total. The molecule has 4 aromatic rings. The van der Waals surface area contributed by atoms with Gasteiger partial charge in [0, 0.05) is 5.56 Å². The number of rotatable bonds is 5. The number of hydrogen-bond donors (Lipinski definition) is 1. The number of carbonyl (C=O) groups excluding carboxylic acids is 2. The number of thiazole rings is 1. The maximum absolute atomic E-state index is 13.5. The number of hydrogen-bond acceptors (Lipinski definition) is 6. The highest BCUT2D eigenvalue weighted by Crippen LogP contribution is 2.45. The summed E-state index contributed by atoms with van der Waals surface area (Å²) in [4.78, 5) is 33.0. The lowest BCUT2D eigenvalue weighted by Gasteiger charge is -2.23. The molecule has 1 saturated heterocycles. The lowest BCUT2D eigenvalue weighted by atomic mass is 9.95. The molecule has 1 aromatic heterocycles. The van der Waals surface area contributed by atoms with Crippen LogP contribution in [0.3, 0.4) is 0 Å². The molecule has 0 radical (unpaired) electrons. The molecular formula is C29H26N2O4S. The van der Waals surface area contributed by atoms with Gasteiger partial charge >= 0.3 is 5.91 Å². The summed E-state index contributed by atoms with van der Waals surface area (Å²) in [6.07, 6.45) is 0. The number of Topliss-reactive ketones (excluding diaryl/α,β-unsaturated/α-hetero) is 1. The second-order valence-corrected chi connectivity index (χ2v) is 9.97. The van der Waals surface area contributed by atoms with Gasteiger partial charge in [0.05, 0.1) is 28.4 Å². The molecule has 0 saturated carbocycles. The van der Waals surface area contributed by atoms with E-state index in [1.165, 1.54) is 16.2 Å². The van der Waals surface area contributed by atoms with E-state index in [2.05, 4.69) is 0 Å². The molecular weight excluding hydrogens is 472 g/mol. The van der Waals surface area contributed by atoms with Crippen LogP contribution in [0.1, 0.15) is 40.8 Å². The average Bonchev–Trinajstić information content (AvgIpc) is 3.38. The van der Waals surface area contributed by atoms with Crippen molar-refractivity contribution in [1.82, 2.24) is 4.98 Å². The van der Waals surface area contributed by atoms with E-state index >= 15 is 0 Å². The van der Waals surface area contributed by atoms with Crippen LogP contribution < -0.4 is 9.64 Å². The smallest absolute Gasteiger partial charge is 0.301 e. The summed E-state index contributed by atoms with van der Waals surface area (Å²) < 4.78 is 6.52. The van der Waals surface area contributed by atoms with Crippen LogP contribution in [-0.4, -0.2) is 28.4 Å². The third-order valence-electron chi connectivity index (χ3n) is 6.30. The number of amides is 1. The third kappa shape index (κ3) is 4.05. The van der Waals surface area contributed by atoms with Gasteiger partial charge in [-0.2, -0.15) is 0 Å². The van der Waals surface area contributed by atoms with E-state index < -0.39 is 17.7 Å². The van der Waals surface area contributed by atoms with Crippen molar-refractivity contribution in [3.8, 4) is 5.75 Å². The van der Waals surface area contributed by atoms with E-state index in [1.54, 1.807) is 24.3 Å². The summed E-state index contributed by atoms with van der Waals surface area (Å²) in [6.45, 7) is 8.37. The summed E-state index contributed by atoms with van der Waals surface area (Å²) in [7, 11) is 0. The topological polar surface area (TPSA) is 79.7 Å². The van der Waals surface area contributed by atoms with Gasteiger partial charge in [0.1, 0.15) is 11.5 Å². The fraction of sp³-hybridized carbons (Fsp3) is 0.207.